The van der Waals surface area contributed by atoms with Gasteiger partial charge in [0.1, 0.15) is 5.76 Å². The minimum Gasteiger partial charge on any atom is -0.468 e. The van der Waals surface area contributed by atoms with Gasteiger partial charge in [-0.05, 0) is 32.4 Å². The van der Waals surface area contributed by atoms with Crippen LogP contribution in [0.2, 0.25) is 0 Å². The second-order valence-corrected chi connectivity index (χ2v) is 6.25. The first-order valence-electron chi connectivity index (χ1n) is 5.92. The van der Waals surface area contributed by atoms with Crippen LogP contribution in [0.15, 0.2) is 22.8 Å². The van der Waals surface area contributed by atoms with Crippen molar-refractivity contribution in [2.24, 2.45) is 0 Å². The Balaban J connectivity index is 2.18. The molecule has 1 N–H and O–H groups in total. The second kappa shape index (κ2) is 6.36. The Bertz CT molecular complexity index is 282. The van der Waals surface area contributed by atoms with Crippen LogP contribution >= 0.6 is 11.8 Å². The number of rotatable bonds is 7. The minimum atomic E-state index is 0.250. The first kappa shape index (κ1) is 13.7. The minimum absolute atomic E-state index is 0.250. The maximum absolute atomic E-state index is 5.31. The predicted octanol–water partition coefficient (Wildman–Crippen LogP) is 3.68. The van der Waals surface area contributed by atoms with Crippen molar-refractivity contribution >= 4 is 11.8 Å². The summed E-state index contributed by atoms with van der Waals surface area (Å²) in [5.74, 6) is 2.02. The van der Waals surface area contributed by atoms with Gasteiger partial charge in [-0.25, -0.2) is 0 Å². The molecule has 2 nitrogen and oxygen atoms in total. The Hall–Kier alpha value is -0.410. The average Bonchev–Trinajstić information content (AvgIpc) is 2.76. The fourth-order valence-corrected chi connectivity index (χ4v) is 2.04. The molecule has 0 bridgehead atoms. The molecule has 92 valence electrons. The van der Waals surface area contributed by atoms with E-state index >= 15 is 0 Å². The van der Waals surface area contributed by atoms with Crippen LogP contribution in [0, 0.1) is 0 Å². The van der Waals surface area contributed by atoms with Crippen molar-refractivity contribution in [2.75, 3.05) is 6.54 Å². The van der Waals surface area contributed by atoms with E-state index in [0.29, 0.717) is 5.25 Å². The van der Waals surface area contributed by atoms with Crippen LogP contribution in [-0.4, -0.2) is 17.3 Å². The second-order valence-electron chi connectivity index (χ2n) is 4.82. The van der Waals surface area contributed by atoms with Gasteiger partial charge in [-0.2, -0.15) is 0 Å². The van der Waals surface area contributed by atoms with Crippen molar-refractivity contribution in [2.45, 2.75) is 50.7 Å². The van der Waals surface area contributed by atoms with E-state index in [1.54, 1.807) is 6.26 Å². The zero-order valence-corrected chi connectivity index (χ0v) is 11.6. The summed E-state index contributed by atoms with van der Waals surface area (Å²) in [4.78, 5) is 0. The first-order chi connectivity index (χ1) is 7.53. The predicted molar refractivity (Wildman–Crippen MR) is 71.8 cm³/mol. The molecule has 0 aliphatic carbocycles. The van der Waals surface area contributed by atoms with Crippen molar-refractivity contribution in [3.63, 3.8) is 0 Å². The lowest BCUT2D eigenvalue weighted by atomic mass is 10.0. The maximum Gasteiger partial charge on any atom is 0.113 e. The summed E-state index contributed by atoms with van der Waals surface area (Å²) >= 11 is 1.93. The fraction of sp³-hybridized carbons (Fsp3) is 0.692. The summed E-state index contributed by atoms with van der Waals surface area (Å²) in [5, 5.41) is 4.19. The Morgan fingerprint density at radius 1 is 1.50 bits per heavy atom. The van der Waals surface area contributed by atoms with Gasteiger partial charge in [0.25, 0.3) is 0 Å². The van der Waals surface area contributed by atoms with Crippen molar-refractivity contribution in [1.82, 2.24) is 5.32 Å². The lowest BCUT2D eigenvalue weighted by Gasteiger charge is -2.26. The smallest absolute Gasteiger partial charge is 0.113 e. The SMILES string of the molecule is CCC(C)(C)NCC(C)SCc1ccco1. The molecule has 1 atom stereocenters. The standard InChI is InChI=1S/C13H23NOS/c1-5-13(3,4)14-9-11(2)16-10-12-7-6-8-15-12/h6-8,11,14H,5,9-10H2,1-4H3. The average molecular weight is 241 g/mol. The molecule has 0 amide bonds. The molecule has 0 spiro atoms. The lowest BCUT2D eigenvalue weighted by Crippen LogP contribution is -2.41. The number of hydrogen-bond donors (Lipinski definition) is 1. The molecule has 1 unspecified atom stereocenters. The van der Waals surface area contributed by atoms with Crippen molar-refractivity contribution < 1.29 is 4.42 Å². The van der Waals surface area contributed by atoms with Gasteiger partial charge in [0.15, 0.2) is 0 Å². The molecule has 0 radical (unpaired) electrons. The third kappa shape index (κ3) is 5.08. The summed E-state index contributed by atoms with van der Waals surface area (Å²) in [6.07, 6.45) is 2.89. The number of thioether (sulfide) groups is 1. The molecule has 0 aliphatic heterocycles. The maximum atomic E-state index is 5.31. The van der Waals surface area contributed by atoms with Crippen LogP contribution in [-0.2, 0) is 5.75 Å². The van der Waals surface area contributed by atoms with Crippen molar-refractivity contribution in [3.05, 3.63) is 24.2 Å². The summed E-state index contributed by atoms with van der Waals surface area (Å²) in [6.45, 7) is 10.0. The molecule has 0 aromatic carbocycles. The van der Waals surface area contributed by atoms with Gasteiger partial charge in [-0.3, -0.25) is 0 Å². The lowest BCUT2D eigenvalue weighted by molar-refractivity contribution is 0.379. The first-order valence-corrected chi connectivity index (χ1v) is 6.97. The highest BCUT2D eigenvalue weighted by molar-refractivity contribution is 7.99. The zero-order chi connectivity index (χ0) is 12.0. The van der Waals surface area contributed by atoms with E-state index in [1.807, 2.05) is 23.9 Å². The number of hydrogen-bond acceptors (Lipinski definition) is 3. The van der Waals surface area contributed by atoms with Gasteiger partial charge in [-0.1, -0.05) is 13.8 Å². The van der Waals surface area contributed by atoms with Gasteiger partial charge in [-0.15, -0.1) is 11.8 Å². The molecule has 1 rings (SSSR count). The van der Waals surface area contributed by atoms with Gasteiger partial charge in [0, 0.05) is 17.3 Å². The van der Waals surface area contributed by atoms with E-state index in [9.17, 15) is 0 Å². The highest BCUT2D eigenvalue weighted by Crippen LogP contribution is 2.18. The Labute approximate surface area is 103 Å². The molecular weight excluding hydrogens is 218 g/mol. The van der Waals surface area contributed by atoms with E-state index in [0.717, 1.165) is 24.5 Å². The Morgan fingerprint density at radius 2 is 2.25 bits per heavy atom. The molecule has 1 heterocycles. The topological polar surface area (TPSA) is 25.2 Å². The molecule has 16 heavy (non-hydrogen) atoms. The molecular formula is C13H23NOS. The van der Waals surface area contributed by atoms with Crippen LogP contribution in [0.25, 0.3) is 0 Å². The van der Waals surface area contributed by atoms with E-state index in [2.05, 4.69) is 33.0 Å². The van der Waals surface area contributed by atoms with Crippen LogP contribution < -0.4 is 5.32 Å². The zero-order valence-electron chi connectivity index (χ0n) is 10.7. The quantitative estimate of drug-likeness (QED) is 0.788. The fourth-order valence-electron chi connectivity index (χ4n) is 1.22. The van der Waals surface area contributed by atoms with E-state index in [-0.39, 0.29) is 5.54 Å². The van der Waals surface area contributed by atoms with Crippen molar-refractivity contribution in [3.8, 4) is 0 Å². The molecule has 1 aromatic heterocycles. The molecule has 0 saturated heterocycles. The molecule has 1 aromatic rings. The van der Waals surface area contributed by atoms with E-state index in [4.69, 9.17) is 4.42 Å². The van der Waals surface area contributed by atoms with E-state index in [1.165, 1.54) is 0 Å². The summed E-state index contributed by atoms with van der Waals surface area (Å²) < 4.78 is 5.31. The summed E-state index contributed by atoms with van der Waals surface area (Å²) in [7, 11) is 0. The number of nitrogens with one attached hydrogen (secondary N) is 1. The third-order valence-electron chi connectivity index (χ3n) is 2.84. The highest BCUT2D eigenvalue weighted by Gasteiger charge is 2.15. The van der Waals surface area contributed by atoms with Crippen molar-refractivity contribution in [1.29, 1.82) is 0 Å². The monoisotopic (exact) mass is 241 g/mol. The highest BCUT2D eigenvalue weighted by atomic mass is 32.2. The van der Waals surface area contributed by atoms with Gasteiger partial charge >= 0.3 is 0 Å². The summed E-state index contributed by atoms with van der Waals surface area (Å²) in [6, 6.07) is 3.97. The summed E-state index contributed by atoms with van der Waals surface area (Å²) in [5.41, 5.74) is 0.250. The van der Waals surface area contributed by atoms with Crippen LogP contribution in [0.5, 0.6) is 0 Å². The van der Waals surface area contributed by atoms with Gasteiger partial charge in [0.05, 0.1) is 12.0 Å². The molecule has 0 aliphatic rings. The molecule has 3 heteroatoms. The third-order valence-corrected chi connectivity index (χ3v) is 4.03. The normalized spacial score (nSPS) is 14.0. The molecule has 0 fully saturated rings. The largest absolute Gasteiger partial charge is 0.468 e. The Morgan fingerprint density at radius 3 is 2.81 bits per heavy atom. The van der Waals surface area contributed by atoms with Gasteiger partial charge in [0.2, 0.25) is 0 Å². The van der Waals surface area contributed by atoms with E-state index < -0.39 is 0 Å². The van der Waals surface area contributed by atoms with Gasteiger partial charge < -0.3 is 9.73 Å². The Kier molecular flexibility index (Phi) is 5.42. The molecule has 0 saturated carbocycles. The number of furan rings is 1. The van der Waals surface area contributed by atoms with Crippen LogP contribution in [0.3, 0.4) is 0 Å². The van der Waals surface area contributed by atoms with Crippen LogP contribution in [0.4, 0.5) is 0 Å². The van der Waals surface area contributed by atoms with Crippen LogP contribution in [0.1, 0.15) is 39.9 Å².